The second-order valence-electron chi connectivity index (χ2n) is 11.8. The van der Waals surface area contributed by atoms with Crippen LogP contribution in [-0.2, 0) is 16.6 Å². The minimum atomic E-state index is -0.835. The number of amides is 1. The highest BCUT2D eigenvalue weighted by Gasteiger charge is 2.73. The van der Waals surface area contributed by atoms with Crippen LogP contribution in [0.1, 0.15) is 54.4 Å². The molecule has 5 atom stereocenters. The molecule has 2 aromatic carbocycles. The number of hydrogen-bond donors (Lipinski definition) is 1. The summed E-state index contributed by atoms with van der Waals surface area (Å²) in [5, 5.41) is 12.6. The summed E-state index contributed by atoms with van der Waals surface area (Å²) in [5.41, 5.74) is 3.21. The Bertz CT molecular complexity index is 1310. The van der Waals surface area contributed by atoms with Gasteiger partial charge in [-0.1, -0.05) is 30.2 Å². The number of carbonyl (C=O) groups excluding carboxylic acids is 1. The predicted molar refractivity (Wildman–Crippen MR) is 138 cm³/mol. The van der Waals surface area contributed by atoms with Crippen LogP contribution in [0.4, 0.5) is 0 Å². The van der Waals surface area contributed by atoms with E-state index in [1.807, 2.05) is 38.2 Å². The van der Waals surface area contributed by atoms with E-state index in [-0.39, 0.29) is 24.1 Å². The smallest absolute Gasteiger partial charge is 0.298 e. The Morgan fingerprint density at radius 1 is 1.19 bits per heavy atom. The van der Waals surface area contributed by atoms with Gasteiger partial charge in [-0.25, -0.2) is 0 Å². The van der Waals surface area contributed by atoms with Crippen molar-refractivity contribution in [2.45, 2.75) is 74.7 Å². The number of rotatable bonds is 3. The number of likely N-dealkylation sites (tertiary alicyclic amines) is 1. The lowest BCUT2D eigenvalue weighted by Crippen LogP contribution is -2.78. The standard InChI is InChI=1S/C31H34N2O3/c1-20-5-3-6-21(17-20)11-12-27(34)32(2)24-13-14-31(35)26-18-23-7-4-8-25-28(23)30(31,29(24)36-25)15-16-33(26)19-22-9-10-22/h3-8,17,22,24,26,29,35H,9-10,13-16,18-19H2,1-2H3/t24-,26-,29+,30+,31-/m1/s1. The Morgan fingerprint density at radius 2 is 2.03 bits per heavy atom. The first-order chi connectivity index (χ1) is 17.4. The van der Waals surface area contributed by atoms with E-state index in [4.69, 9.17) is 4.74 Å². The fourth-order valence-corrected chi connectivity index (χ4v) is 7.91. The van der Waals surface area contributed by atoms with Crippen LogP contribution < -0.4 is 4.74 Å². The third kappa shape index (κ3) is 3.07. The van der Waals surface area contributed by atoms with E-state index < -0.39 is 11.0 Å². The Labute approximate surface area is 213 Å². The molecule has 36 heavy (non-hydrogen) atoms. The van der Waals surface area contributed by atoms with Crippen LogP contribution in [0.5, 0.6) is 5.75 Å². The second kappa shape index (κ2) is 7.84. The number of carbonyl (C=O) groups is 1. The van der Waals surface area contributed by atoms with E-state index in [0.29, 0.717) is 12.8 Å². The first-order valence-electron chi connectivity index (χ1n) is 13.5. The van der Waals surface area contributed by atoms with Gasteiger partial charge in [0.1, 0.15) is 11.9 Å². The van der Waals surface area contributed by atoms with Gasteiger partial charge >= 0.3 is 0 Å². The van der Waals surface area contributed by atoms with Crippen LogP contribution >= 0.6 is 0 Å². The number of aryl methyl sites for hydroxylation is 1. The molecule has 0 aromatic heterocycles. The summed E-state index contributed by atoms with van der Waals surface area (Å²) in [6, 6.07) is 14.3. The lowest BCUT2D eigenvalue weighted by atomic mass is 9.48. The van der Waals surface area contributed by atoms with E-state index in [1.165, 1.54) is 24.0 Å². The SMILES string of the molecule is Cc1cccc(C#CC(=O)N(C)[C@@H]2CC[C@@]3(O)[C@H]4Cc5cccc6c5[C@@]3(CCN4CC3CC3)[C@H]2O6)c1. The molecule has 2 bridgehead atoms. The van der Waals surface area contributed by atoms with E-state index >= 15 is 0 Å². The minimum Gasteiger partial charge on any atom is -0.487 e. The molecule has 2 aromatic rings. The number of nitrogens with zero attached hydrogens (tertiary/aromatic N) is 2. The van der Waals surface area contributed by atoms with Crippen LogP contribution in [0.3, 0.4) is 0 Å². The molecule has 7 rings (SSSR count). The molecule has 2 aliphatic heterocycles. The molecule has 1 N–H and O–H groups in total. The first-order valence-corrected chi connectivity index (χ1v) is 13.5. The second-order valence-corrected chi connectivity index (χ2v) is 11.8. The third-order valence-corrected chi connectivity index (χ3v) is 9.78. The summed E-state index contributed by atoms with van der Waals surface area (Å²) in [7, 11) is 1.86. The molecule has 5 heteroatoms. The molecule has 5 nitrogen and oxygen atoms in total. The van der Waals surface area contributed by atoms with Crippen molar-refractivity contribution in [1.29, 1.82) is 0 Å². The lowest BCUT2D eigenvalue weighted by molar-refractivity contribution is -0.199. The van der Waals surface area contributed by atoms with Gasteiger partial charge in [0.05, 0.1) is 17.1 Å². The highest BCUT2D eigenvalue weighted by molar-refractivity contribution is 5.94. The maximum Gasteiger partial charge on any atom is 0.298 e. The van der Waals surface area contributed by atoms with Gasteiger partial charge in [-0.05, 0) is 87.2 Å². The quantitative estimate of drug-likeness (QED) is 0.681. The Morgan fingerprint density at radius 3 is 2.83 bits per heavy atom. The minimum absolute atomic E-state index is 0.113. The van der Waals surface area contributed by atoms with Gasteiger partial charge in [0, 0.05) is 36.7 Å². The monoisotopic (exact) mass is 482 g/mol. The van der Waals surface area contributed by atoms with E-state index in [9.17, 15) is 9.90 Å². The van der Waals surface area contributed by atoms with E-state index in [2.05, 4.69) is 34.9 Å². The number of likely N-dealkylation sites (N-methyl/N-ethyl adjacent to an activating group) is 1. The average molecular weight is 483 g/mol. The van der Waals surface area contributed by atoms with Crippen LogP contribution in [0.25, 0.3) is 0 Å². The zero-order valence-electron chi connectivity index (χ0n) is 21.2. The van der Waals surface area contributed by atoms with Gasteiger partial charge in [0.2, 0.25) is 0 Å². The highest BCUT2D eigenvalue weighted by Crippen LogP contribution is 2.64. The highest BCUT2D eigenvalue weighted by atomic mass is 16.5. The molecule has 3 fully saturated rings. The van der Waals surface area contributed by atoms with Crippen molar-refractivity contribution in [3.05, 3.63) is 64.7 Å². The third-order valence-electron chi connectivity index (χ3n) is 9.78. The van der Waals surface area contributed by atoms with Crippen molar-refractivity contribution in [3.63, 3.8) is 0 Å². The van der Waals surface area contributed by atoms with Gasteiger partial charge in [-0.2, -0.15) is 0 Å². The summed E-state index contributed by atoms with van der Waals surface area (Å²) >= 11 is 0. The summed E-state index contributed by atoms with van der Waals surface area (Å²) in [4.78, 5) is 17.6. The Balaban J connectivity index is 1.24. The fourth-order valence-electron chi connectivity index (χ4n) is 7.91. The van der Waals surface area contributed by atoms with Crippen LogP contribution in [0, 0.1) is 24.7 Å². The summed E-state index contributed by atoms with van der Waals surface area (Å²) < 4.78 is 6.71. The Hall–Kier alpha value is -2.81. The molecule has 0 radical (unpaired) electrons. The normalized spacial score (nSPS) is 33.7. The van der Waals surface area contributed by atoms with E-state index in [1.54, 1.807) is 4.90 Å². The van der Waals surface area contributed by atoms with Gasteiger partial charge < -0.3 is 14.7 Å². The van der Waals surface area contributed by atoms with Crippen molar-refractivity contribution in [2.24, 2.45) is 5.92 Å². The van der Waals surface area contributed by atoms with Crippen molar-refractivity contribution in [2.75, 3.05) is 20.1 Å². The van der Waals surface area contributed by atoms with Crippen LogP contribution in [0.2, 0.25) is 0 Å². The summed E-state index contributed by atoms with van der Waals surface area (Å²) in [6.07, 6.45) is 5.53. The van der Waals surface area contributed by atoms with Crippen molar-refractivity contribution in [3.8, 4) is 17.6 Å². The van der Waals surface area contributed by atoms with Crippen molar-refractivity contribution in [1.82, 2.24) is 9.80 Å². The molecule has 1 amide bonds. The first kappa shape index (κ1) is 22.4. The maximum atomic E-state index is 13.3. The maximum absolute atomic E-state index is 13.3. The average Bonchev–Trinajstić information content (AvgIpc) is 3.61. The Kier molecular flexibility index (Phi) is 4.88. The number of hydrogen-bond acceptors (Lipinski definition) is 4. The number of piperidine rings is 1. The zero-order valence-corrected chi connectivity index (χ0v) is 21.2. The summed E-state index contributed by atoms with van der Waals surface area (Å²) in [5.74, 6) is 7.43. The molecular formula is C31H34N2O3. The lowest BCUT2D eigenvalue weighted by Gasteiger charge is -2.64. The molecule has 3 aliphatic carbocycles. The molecule has 0 unspecified atom stereocenters. The molecule has 1 spiro atoms. The fraction of sp³-hybridized carbons (Fsp3) is 0.516. The molecule has 2 saturated carbocycles. The number of aliphatic hydroxyl groups is 1. The zero-order chi connectivity index (χ0) is 24.7. The van der Waals surface area contributed by atoms with Crippen molar-refractivity contribution >= 4 is 5.91 Å². The predicted octanol–water partition coefficient (Wildman–Crippen LogP) is 3.44. The van der Waals surface area contributed by atoms with E-state index in [0.717, 1.165) is 48.7 Å². The largest absolute Gasteiger partial charge is 0.487 e. The molecule has 5 aliphatic rings. The molecular weight excluding hydrogens is 448 g/mol. The van der Waals surface area contributed by atoms with Crippen LogP contribution in [0.15, 0.2) is 42.5 Å². The van der Waals surface area contributed by atoms with Gasteiger partial charge in [-0.3, -0.25) is 9.69 Å². The van der Waals surface area contributed by atoms with Crippen molar-refractivity contribution < 1.29 is 14.6 Å². The number of ether oxygens (including phenoxy) is 1. The van der Waals surface area contributed by atoms with Gasteiger partial charge in [-0.15, -0.1) is 0 Å². The van der Waals surface area contributed by atoms with Gasteiger partial charge in [0.15, 0.2) is 0 Å². The topological polar surface area (TPSA) is 53.0 Å². The molecule has 186 valence electrons. The van der Waals surface area contributed by atoms with Crippen LogP contribution in [-0.4, -0.2) is 64.7 Å². The summed E-state index contributed by atoms with van der Waals surface area (Å²) in [6.45, 7) is 4.10. The molecule has 1 saturated heterocycles. The number of benzene rings is 2. The van der Waals surface area contributed by atoms with Gasteiger partial charge in [0.25, 0.3) is 5.91 Å². The molecule has 2 heterocycles.